The minimum atomic E-state index is -3.77. The van der Waals surface area contributed by atoms with Gasteiger partial charge < -0.3 is 10.4 Å². The molecule has 6 heteroatoms. The molecule has 0 saturated heterocycles. The molecule has 1 aliphatic rings. The van der Waals surface area contributed by atoms with Gasteiger partial charge in [0.1, 0.15) is 0 Å². The number of amides is 1. The molecule has 1 aliphatic heterocycles. The highest BCUT2D eigenvalue weighted by molar-refractivity contribution is 5.93. The van der Waals surface area contributed by atoms with Crippen LogP contribution in [0.4, 0.5) is 14.5 Å². The number of alkyl halides is 2. The number of halogens is 2. The fraction of sp³-hybridized carbons (Fsp3) is 0.333. The first-order valence-electron chi connectivity index (χ1n) is 5.41. The van der Waals surface area contributed by atoms with Crippen LogP contribution < -0.4 is 5.32 Å². The van der Waals surface area contributed by atoms with E-state index in [-0.39, 0.29) is 11.5 Å². The van der Waals surface area contributed by atoms with Crippen LogP contribution in [-0.2, 0) is 22.4 Å². The monoisotopic (exact) mass is 255 g/mol. The lowest BCUT2D eigenvalue weighted by Crippen LogP contribution is -2.30. The highest BCUT2D eigenvalue weighted by Crippen LogP contribution is 2.27. The van der Waals surface area contributed by atoms with Gasteiger partial charge in [-0.15, -0.1) is 0 Å². The summed E-state index contributed by atoms with van der Waals surface area (Å²) in [4.78, 5) is 21.5. The van der Waals surface area contributed by atoms with Gasteiger partial charge in [0.2, 0.25) is 5.91 Å². The number of nitrogens with one attached hydrogen (secondary N) is 1. The van der Waals surface area contributed by atoms with Gasteiger partial charge in [0, 0.05) is 18.5 Å². The van der Waals surface area contributed by atoms with Gasteiger partial charge in [-0.1, -0.05) is 12.1 Å². The van der Waals surface area contributed by atoms with Crippen molar-refractivity contribution < 1.29 is 23.5 Å². The highest BCUT2D eigenvalue weighted by Gasteiger charge is 2.38. The number of aliphatic carboxylic acids is 1. The van der Waals surface area contributed by atoms with Gasteiger partial charge in [0.05, 0.1) is 0 Å². The number of fused-ring (bicyclic) bond motifs is 1. The van der Waals surface area contributed by atoms with Gasteiger partial charge in [0.25, 0.3) is 0 Å². The molecule has 2 rings (SSSR count). The van der Waals surface area contributed by atoms with E-state index in [9.17, 15) is 18.4 Å². The van der Waals surface area contributed by atoms with Crippen LogP contribution in [0, 0.1) is 0 Å². The minimum absolute atomic E-state index is 0.105. The Kier molecular flexibility index (Phi) is 3.02. The number of aryl methyl sites for hydroxylation is 1. The van der Waals surface area contributed by atoms with Crippen molar-refractivity contribution in [2.24, 2.45) is 0 Å². The molecule has 0 bridgehead atoms. The van der Waals surface area contributed by atoms with Crippen LogP contribution >= 0.6 is 0 Å². The summed E-state index contributed by atoms with van der Waals surface area (Å²) < 4.78 is 26.1. The average molecular weight is 255 g/mol. The van der Waals surface area contributed by atoms with Crippen LogP contribution in [0.25, 0.3) is 0 Å². The Labute approximate surface area is 102 Å². The second kappa shape index (κ2) is 4.36. The van der Waals surface area contributed by atoms with E-state index in [0.29, 0.717) is 18.5 Å². The maximum absolute atomic E-state index is 13.1. The third-order valence-corrected chi connectivity index (χ3v) is 2.80. The van der Waals surface area contributed by atoms with Crippen molar-refractivity contribution in [3.63, 3.8) is 0 Å². The van der Waals surface area contributed by atoms with E-state index in [1.165, 1.54) is 18.2 Å². The van der Waals surface area contributed by atoms with E-state index >= 15 is 0 Å². The zero-order valence-corrected chi connectivity index (χ0v) is 9.37. The Morgan fingerprint density at radius 1 is 1.39 bits per heavy atom. The largest absolute Gasteiger partial charge is 0.477 e. The lowest BCUT2D eigenvalue weighted by Gasteiger charge is -2.18. The Morgan fingerprint density at radius 3 is 2.78 bits per heavy atom. The number of carbonyl (C=O) groups excluding carboxylic acids is 1. The van der Waals surface area contributed by atoms with Crippen molar-refractivity contribution in [1.29, 1.82) is 0 Å². The molecule has 96 valence electrons. The molecule has 4 nitrogen and oxygen atoms in total. The number of carbonyl (C=O) groups is 2. The maximum Gasteiger partial charge on any atom is 0.374 e. The van der Waals surface area contributed by atoms with Crippen LogP contribution in [0.5, 0.6) is 0 Å². The molecule has 0 radical (unpaired) electrons. The third-order valence-electron chi connectivity index (χ3n) is 2.80. The Balaban J connectivity index is 2.22. The maximum atomic E-state index is 13.1. The SMILES string of the molecule is O=C1CCc2cc(CC(F)(F)C(=O)O)ccc2N1. The molecular weight excluding hydrogens is 244 g/mol. The predicted octanol–water partition coefficient (Wildman–Crippen LogP) is 1.83. The van der Waals surface area contributed by atoms with Crippen LogP contribution in [0.2, 0.25) is 0 Å². The fourth-order valence-electron chi connectivity index (χ4n) is 1.88. The zero-order valence-electron chi connectivity index (χ0n) is 9.37. The van der Waals surface area contributed by atoms with E-state index < -0.39 is 18.3 Å². The van der Waals surface area contributed by atoms with E-state index in [0.717, 1.165) is 5.56 Å². The molecular formula is C12H11F2NO3. The van der Waals surface area contributed by atoms with Gasteiger partial charge in [-0.05, 0) is 23.6 Å². The van der Waals surface area contributed by atoms with Gasteiger partial charge in [-0.3, -0.25) is 4.79 Å². The molecule has 0 aliphatic carbocycles. The molecule has 18 heavy (non-hydrogen) atoms. The highest BCUT2D eigenvalue weighted by atomic mass is 19.3. The molecule has 1 amide bonds. The molecule has 0 spiro atoms. The van der Waals surface area contributed by atoms with Crippen LogP contribution in [-0.4, -0.2) is 22.9 Å². The van der Waals surface area contributed by atoms with E-state index in [1.54, 1.807) is 0 Å². The first-order chi connectivity index (χ1) is 8.38. The number of carboxylic acids is 1. The van der Waals surface area contributed by atoms with Gasteiger partial charge in [-0.2, -0.15) is 8.78 Å². The van der Waals surface area contributed by atoms with Gasteiger partial charge in [0.15, 0.2) is 0 Å². The normalized spacial score (nSPS) is 14.9. The standard InChI is InChI=1S/C12H11F2NO3/c13-12(14,11(17)18)6-7-1-3-9-8(5-7)2-4-10(16)15-9/h1,3,5H,2,4,6H2,(H,15,16)(H,17,18). The molecule has 1 aromatic rings. The van der Waals surface area contributed by atoms with E-state index in [1.807, 2.05) is 0 Å². The molecule has 2 N–H and O–H groups in total. The third kappa shape index (κ3) is 2.47. The number of rotatable bonds is 3. The Bertz CT molecular complexity index is 514. The summed E-state index contributed by atoms with van der Waals surface area (Å²) in [5.41, 5.74) is 1.61. The summed E-state index contributed by atoms with van der Waals surface area (Å²) in [6.45, 7) is 0. The van der Waals surface area contributed by atoms with Crippen molar-refractivity contribution in [2.45, 2.75) is 25.2 Å². The summed E-state index contributed by atoms with van der Waals surface area (Å²) in [7, 11) is 0. The van der Waals surface area contributed by atoms with Crippen LogP contribution in [0.15, 0.2) is 18.2 Å². The molecule has 0 aromatic heterocycles. The Morgan fingerprint density at radius 2 is 2.11 bits per heavy atom. The second-order valence-corrected chi connectivity index (χ2v) is 4.23. The van der Waals surface area contributed by atoms with Crippen molar-refractivity contribution in [1.82, 2.24) is 0 Å². The van der Waals surface area contributed by atoms with Crippen molar-refractivity contribution in [3.05, 3.63) is 29.3 Å². The fourth-order valence-corrected chi connectivity index (χ4v) is 1.88. The molecule has 0 atom stereocenters. The molecule has 0 saturated carbocycles. The second-order valence-electron chi connectivity index (χ2n) is 4.23. The number of carboxylic acid groups (broad SMARTS) is 1. The lowest BCUT2D eigenvalue weighted by molar-refractivity contribution is -0.164. The first-order valence-corrected chi connectivity index (χ1v) is 5.41. The summed E-state index contributed by atoms with van der Waals surface area (Å²) in [5.74, 6) is -6.01. The predicted molar refractivity (Wildman–Crippen MR) is 59.7 cm³/mol. The summed E-state index contributed by atoms with van der Waals surface area (Å²) >= 11 is 0. The zero-order chi connectivity index (χ0) is 13.3. The molecule has 0 unspecified atom stereocenters. The number of benzene rings is 1. The molecule has 1 aromatic carbocycles. The van der Waals surface area contributed by atoms with Gasteiger partial charge >= 0.3 is 11.9 Å². The van der Waals surface area contributed by atoms with E-state index in [4.69, 9.17) is 5.11 Å². The van der Waals surface area contributed by atoms with Crippen molar-refractivity contribution in [2.75, 3.05) is 5.32 Å². The van der Waals surface area contributed by atoms with Gasteiger partial charge in [-0.25, -0.2) is 4.79 Å². The van der Waals surface area contributed by atoms with E-state index in [2.05, 4.69) is 5.32 Å². The topological polar surface area (TPSA) is 66.4 Å². The Hall–Kier alpha value is -1.98. The minimum Gasteiger partial charge on any atom is -0.477 e. The number of hydrogen-bond acceptors (Lipinski definition) is 2. The van der Waals surface area contributed by atoms with Crippen LogP contribution in [0.1, 0.15) is 17.5 Å². The molecule has 1 heterocycles. The number of hydrogen-bond donors (Lipinski definition) is 2. The summed E-state index contributed by atoms with van der Waals surface area (Å²) in [6.07, 6.45) is -0.0526. The first kappa shape index (κ1) is 12.5. The quantitative estimate of drug-likeness (QED) is 0.866. The van der Waals surface area contributed by atoms with Crippen molar-refractivity contribution >= 4 is 17.6 Å². The lowest BCUT2D eigenvalue weighted by atomic mass is 9.98. The number of anilines is 1. The van der Waals surface area contributed by atoms with Crippen LogP contribution in [0.3, 0.4) is 0 Å². The van der Waals surface area contributed by atoms with Crippen molar-refractivity contribution in [3.8, 4) is 0 Å². The average Bonchev–Trinajstić information content (AvgIpc) is 2.28. The summed E-state index contributed by atoms with van der Waals surface area (Å²) in [5, 5.41) is 11.0. The summed E-state index contributed by atoms with van der Waals surface area (Å²) in [6, 6.07) is 4.45. The smallest absolute Gasteiger partial charge is 0.374 e. The molecule has 0 fully saturated rings.